The first-order valence-electron chi connectivity index (χ1n) is 8.82. The molecule has 0 atom stereocenters. The Bertz CT molecular complexity index is 973. The number of hydrogen-bond acceptors (Lipinski definition) is 4. The van der Waals surface area contributed by atoms with Crippen LogP contribution in [0.3, 0.4) is 0 Å². The number of rotatable bonds is 5. The van der Waals surface area contributed by atoms with Gasteiger partial charge in [-0.25, -0.2) is 4.79 Å². The number of aliphatic hydroxyl groups excluding tert-OH is 1. The Balaban J connectivity index is 2.28. The highest BCUT2D eigenvalue weighted by Gasteiger charge is 2.15. The van der Waals surface area contributed by atoms with Crippen LogP contribution in [0.15, 0.2) is 47.3 Å². The Kier molecular flexibility index (Phi) is 5.09. The predicted octanol–water partition coefficient (Wildman–Crippen LogP) is 4.10. The van der Waals surface area contributed by atoms with Crippen LogP contribution in [-0.2, 0) is 0 Å². The van der Waals surface area contributed by atoms with E-state index in [1.165, 1.54) is 5.56 Å². The number of hydrogen-bond donors (Lipinski definition) is 1. The summed E-state index contributed by atoms with van der Waals surface area (Å²) in [5, 5.41) is 9.88. The van der Waals surface area contributed by atoms with Gasteiger partial charge in [0.2, 0.25) is 0 Å². The van der Waals surface area contributed by atoms with Gasteiger partial charge in [0, 0.05) is 17.0 Å². The zero-order valence-electron chi connectivity index (χ0n) is 15.6. The van der Waals surface area contributed by atoms with Crippen molar-refractivity contribution in [2.24, 2.45) is 0 Å². The molecule has 1 N–H and O–H groups in total. The summed E-state index contributed by atoms with van der Waals surface area (Å²) in [4.78, 5) is 17.0. The lowest BCUT2D eigenvalue weighted by atomic mass is 9.99. The topological polar surface area (TPSA) is 64.4 Å². The summed E-state index contributed by atoms with van der Waals surface area (Å²) < 4.78 is 6.90. The number of aromatic nitrogens is 2. The van der Waals surface area contributed by atoms with Gasteiger partial charge in [-0.15, -0.1) is 0 Å². The average Bonchev–Trinajstić information content (AvgIpc) is 2.61. The third kappa shape index (κ3) is 3.35. The van der Waals surface area contributed by atoms with Crippen molar-refractivity contribution < 1.29 is 9.84 Å². The summed E-state index contributed by atoms with van der Waals surface area (Å²) in [6, 6.07) is 13.5. The summed E-state index contributed by atoms with van der Waals surface area (Å²) in [6.07, 6.45) is 0. The van der Waals surface area contributed by atoms with Crippen LogP contribution in [0.4, 0.5) is 0 Å². The molecule has 26 heavy (non-hydrogen) atoms. The van der Waals surface area contributed by atoms with E-state index in [-0.39, 0.29) is 11.7 Å². The minimum absolute atomic E-state index is 0.0144. The lowest BCUT2D eigenvalue weighted by molar-refractivity contribution is 0.0987. The van der Waals surface area contributed by atoms with Gasteiger partial charge in [0.1, 0.15) is 5.75 Å². The minimum atomic E-state index is -0.402. The molecule has 0 amide bonds. The number of fused-ring (bicyclic) bond motifs is 1. The van der Waals surface area contributed by atoms with Gasteiger partial charge < -0.3 is 9.84 Å². The van der Waals surface area contributed by atoms with Crippen molar-refractivity contribution in [3.05, 3.63) is 58.5 Å². The molecule has 0 aliphatic carbocycles. The molecular weight excluding hydrogens is 328 g/mol. The van der Waals surface area contributed by atoms with Crippen molar-refractivity contribution in [2.45, 2.75) is 39.7 Å². The maximum absolute atomic E-state index is 12.6. The van der Waals surface area contributed by atoms with Crippen LogP contribution < -0.4 is 10.4 Å². The van der Waals surface area contributed by atoms with Crippen molar-refractivity contribution in [1.82, 2.24) is 9.55 Å². The first-order valence-corrected chi connectivity index (χ1v) is 8.82. The quantitative estimate of drug-likeness (QED) is 0.702. The summed E-state index contributed by atoms with van der Waals surface area (Å²) in [5.74, 6) is 0.975. The SMILES string of the molecule is CC(C)c1ccc(-c2nc(=O)n(C(C)C)c3ccc(OCO)cc23)cc1. The van der Waals surface area contributed by atoms with Gasteiger partial charge in [0.05, 0.1) is 11.2 Å². The van der Waals surface area contributed by atoms with Gasteiger partial charge >= 0.3 is 5.69 Å². The third-order valence-corrected chi connectivity index (χ3v) is 4.49. The largest absolute Gasteiger partial charge is 0.468 e. The standard InChI is InChI=1S/C21H24N2O3/c1-13(2)15-5-7-16(8-6-15)20-18-11-17(26-12-24)9-10-19(18)23(14(3)4)21(25)22-20/h5-11,13-14,24H,12H2,1-4H3. The molecule has 5 heteroatoms. The number of ether oxygens (including phenoxy) is 1. The van der Waals surface area contributed by atoms with E-state index in [1.807, 2.05) is 38.1 Å². The van der Waals surface area contributed by atoms with Crippen molar-refractivity contribution in [3.63, 3.8) is 0 Å². The lowest BCUT2D eigenvalue weighted by Gasteiger charge is -2.16. The zero-order chi connectivity index (χ0) is 18.8. The maximum atomic E-state index is 12.6. The molecule has 0 aliphatic rings. The highest BCUT2D eigenvalue weighted by Crippen LogP contribution is 2.30. The van der Waals surface area contributed by atoms with E-state index in [1.54, 1.807) is 10.6 Å². The van der Waals surface area contributed by atoms with E-state index in [0.717, 1.165) is 16.5 Å². The number of benzene rings is 2. The van der Waals surface area contributed by atoms with E-state index in [2.05, 4.69) is 31.0 Å². The average molecular weight is 352 g/mol. The molecule has 0 bridgehead atoms. The highest BCUT2D eigenvalue weighted by atomic mass is 16.6. The van der Waals surface area contributed by atoms with E-state index >= 15 is 0 Å². The van der Waals surface area contributed by atoms with Crippen molar-refractivity contribution in [3.8, 4) is 17.0 Å². The molecule has 0 saturated carbocycles. The smallest absolute Gasteiger partial charge is 0.348 e. The molecule has 0 saturated heterocycles. The molecule has 0 radical (unpaired) electrons. The Morgan fingerprint density at radius 3 is 2.35 bits per heavy atom. The van der Waals surface area contributed by atoms with Gasteiger partial charge in [0.15, 0.2) is 6.79 Å². The van der Waals surface area contributed by atoms with Crippen LogP contribution in [0.1, 0.15) is 45.2 Å². The van der Waals surface area contributed by atoms with Crippen molar-refractivity contribution in [1.29, 1.82) is 0 Å². The van der Waals surface area contributed by atoms with Gasteiger partial charge in [0.25, 0.3) is 0 Å². The molecule has 136 valence electrons. The van der Waals surface area contributed by atoms with Crippen LogP contribution in [0.5, 0.6) is 5.75 Å². The van der Waals surface area contributed by atoms with Gasteiger partial charge in [-0.2, -0.15) is 4.98 Å². The predicted molar refractivity (Wildman–Crippen MR) is 104 cm³/mol. The molecule has 5 nitrogen and oxygen atoms in total. The van der Waals surface area contributed by atoms with Crippen LogP contribution in [-0.4, -0.2) is 21.5 Å². The zero-order valence-corrected chi connectivity index (χ0v) is 15.6. The van der Waals surface area contributed by atoms with Crippen molar-refractivity contribution >= 4 is 10.9 Å². The van der Waals surface area contributed by atoms with Crippen LogP contribution in [0.25, 0.3) is 22.2 Å². The first kappa shape index (κ1) is 18.1. The van der Waals surface area contributed by atoms with Gasteiger partial charge in [-0.1, -0.05) is 38.1 Å². The Labute approximate surface area is 152 Å². The fraction of sp³-hybridized carbons (Fsp3) is 0.333. The molecule has 0 fully saturated rings. The van der Waals surface area contributed by atoms with Gasteiger partial charge in [-0.3, -0.25) is 4.57 Å². The summed E-state index contributed by atoms with van der Waals surface area (Å²) >= 11 is 0. The highest BCUT2D eigenvalue weighted by molar-refractivity contribution is 5.93. The normalized spacial score (nSPS) is 11.5. The third-order valence-electron chi connectivity index (χ3n) is 4.49. The lowest BCUT2D eigenvalue weighted by Crippen LogP contribution is -2.25. The molecule has 3 aromatic rings. The Morgan fingerprint density at radius 1 is 1.08 bits per heavy atom. The second kappa shape index (κ2) is 7.30. The molecule has 0 aliphatic heterocycles. The van der Waals surface area contributed by atoms with E-state index in [0.29, 0.717) is 17.4 Å². The first-order chi connectivity index (χ1) is 12.4. The maximum Gasteiger partial charge on any atom is 0.348 e. The Morgan fingerprint density at radius 2 is 1.77 bits per heavy atom. The fourth-order valence-corrected chi connectivity index (χ4v) is 3.14. The molecule has 2 aromatic carbocycles. The monoisotopic (exact) mass is 352 g/mol. The summed E-state index contributed by atoms with van der Waals surface area (Å²) in [5.41, 5.74) is 3.27. The number of nitrogens with zero attached hydrogens (tertiary/aromatic N) is 2. The second-order valence-electron chi connectivity index (χ2n) is 6.94. The summed E-state index contributed by atoms with van der Waals surface area (Å²) in [7, 11) is 0. The van der Waals surface area contributed by atoms with Crippen molar-refractivity contribution in [2.75, 3.05) is 6.79 Å². The molecule has 1 heterocycles. The van der Waals surface area contributed by atoms with Crippen LogP contribution in [0.2, 0.25) is 0 Å². The van der Waals surface area contributed by atoms with Gasteiger partial charge in [-0.05, 0) is 43.5 Å². The molecule has 3 rings (SSSR count). The molecule has 0 unspecified atom stereocenters. The van der Waals surface area contributed by atoms with E-state index < -0.39 is 6.79 Å². The summed E-state index contributed by atoms with van der Waals surface area (Å²) in [6.45, 7) is 7.80. The van der Waals surface area contributed by atoms with Crippen LogP contribution in [0, 0.1) is 0 Å². The molecule has 0 spiro atoms. The molecular formula is C21H24N2O3. The van der Waals surface area contributed by atoms with Crippen LogP contribution >= 0.6 is 0 Å². The Hall–Kier alpha value is -2.66. The molecule has 1 aromatic heterocycles. The fourth-order valence-electron chi connectivity index (χ4n) is 3.14. The van der Waals surface area contributed by atoms with E-state index in [4.69, 9.17) is 9.84 Å². The second-order valence-corrected chi connectivity index (χ2v) is 6.94. The minimum Gasteiger partial charge on any atom is -0.468 e. The number of aliphatic hydroxyl groups is 1. The van der Waals surface area contributed by atoms with E-state index in [9.17, 15) is 4.79 Å².